The molecule has 4 heteroatoms. The number of rotatable bonds is 5. The first-order valence-electron chi connectivity index (χ1n) is 11.3. The summed E-state index contributed by atoms with van der Waals surface area (Å²) in [4.78, 5) is 0. The number of ether oxygens (including phenoxy) is 1. The molecule has 0 saturated heterocycles. The van der Waals surface area contributed by atoms with E-state index < -0.39 is 0 Å². The molecular weight excluding hydrogens is 372 g/mol. The quantitative estimate of drug-likeness (QED) is 0.599. The van der Waals surface area contributed by atoms with Crippen molar-refractivity contribution in [1.82, 2.24) is 9.78 Å². The molecule has 0 bridgehead atoms. The van der Waals surface area contributed by atoms with Crippen molar-refractivity contribution in [2.75, 3.05) is 0 Å². The normalized spacial score (nSPS) is 23.7. The highest BCUT2D eigenvalue weighted by Gasteiger charge is 2.46. The van der Waals surface area contributed by atoms with Gasteiger partial charge in [-0.05, 0) is 68.7 Å². The summed E-state index contributed by atoms with van der Waals surface area (Å²) in [5, 5.41) is 15.6. The number of aromatic nitrogens is 2. The van der Waals surface area contributed by atoms with E-state index >= 15 is 0 Å². The average Bonchev–Trinajstić information content (AvgIpc) is 3.17. The van der Waals surface area contributed by atoms with Crippen LogP contribution >= 0.6 is 0 Å². The smallest absolute Gasteiger partial charge is 0.127 e. The molecule has 2 aromatic rings. The lowest BCUT2D eigenvalue weighted by Gasteiger charge is -2.47. The Hall–Kier alpha value is -2.23. The second-order valence-corrected chi connectivity index (χ2v) is 10.4. The topological polar surface area (TPSA) is 47.3 Å². The molecule has 4 rings (SSSR count). The van der Waals surface area contributed by atoms with E-state index in [1.54, 1.807) is 0 Å². The third-order valence-corrected chi connectivity index (χ3v) is 7.73. The Morgan fingerprint density at radius 2 is 2.10 bits per heavy atom. The SMILES string of the molecule is CCC(Cn1cccn1)C(C)(C)c1cc(O)c2c(c1)OC(C)(C)C1CC=C(C)C[C@@H]21. The zero-order valence-electron chi connectivity index (χ0n) is 19.3. The summed E-state index contributed by atoms with van der Waals surface area (Å²) in [5.74, 6) is 2.36. The van der Waals surface area contributed by atoms with Crippen LogP contribution in [0.4, 0.5) is 0 Å². The Balaban J connectivity index is 1.73. The second kappa shape index (κ2) is 7.47. The number of nitrogens with zero attached hydrogens (tertiary/aromatic N) is 2. The van der Waals surface area contributed by atoms with Gasteiger partial charge in [0.15, 0.2) is 0 Å². The molecule has 0 radical (unpaired) electrons. The van der Waals surface area contributed by atoms with Crippen LogP contribution in [0.3, 0.4) is 0 Å². The van der Waals surface area contributed by atoms with Crippen molar-refractivity contribution >= 4 is 0 Å². The first-order chi connectivity index (χ1) is 14.1. The monoisotopic (exact) mass is 408 g/mol. The van der Waals surface area contributed by atoms with Gasteiger partial charge in [0, 0.05) is 36.3 Å². The van der Waals surface area contributed by atoms with Crippen molar-refractivity contribution in [3.63, 3.8) is 0 Å². The van der Waals surface area contributed by atoms with E-state index in [2.05, 4.69) is 58.8 Å². The summed E-state index contributed by atoms with van der Waals surface area (Å²) >= 11 is 0. The molecule has 4 nitrogen and oxygen atoms in total. The summed E-state index contributed by atoms with van der Waals surface area (Å²) < 4.78 is 8.56. The fraction of sp³-hybridized carbons (Fsp3) is 0.577. The Bertz CT molecular complexity index is 940. The largest absolute Gasteiger partial charge is 0.508 e. The van der Waals surface area contributed by atoms with Gasteiger partial charge >= 0.3 is 0 Å². The molecule has 0 saturated carbocycles. The molecule has 1 aliphatic heterocycles. The summed E-state index contributed by atoms with van der Waals surface area (Å²) in [7, 11) is 0. The lowest BCUT2D eigenvalue weighted by molar-refractivity contribution is 0.00735. The molecule has 1 N–H and O–H groups in total. The zero-order chi connectivity index (χ0) is 21.7. The minimum atomic E-state index is -0.247. The van der Waals surface area contributed by atoms with E-state index in [9.17, 15) is 5.11 Å². The maximum absolute atomic E-state index is 11.2. The number of fused-ring (bicyclic) bond motifs is 3. The molecule has 2 heterocycles. The van der Waals surface area contributed by atoms with Crippen molar-refractivity contribution in [1.29, 1.82) is 0 Å². The van der Waals surface area contributed by atoms with Gasteiger partial charge in [0.1, 0.15) is 17.1 Å². The molecule has 0 fully saturated rings. The first-order valence-corrected chi connectivity index (χ1v) is 11.3. The van der Waals surface area contributed by atoms with Crippen LogP contribution in [-0.2, 0) is 12.0 Å². The lowest BCUT2D eigenvalue weighted by Crippen LogP contribution is -2.45. The standard InChI is InChI=1S/C26H36N2O2/c1-7-18(16-28-12-8-11-27-28)25(3,4)19-14-22(29)24-20-13-17(2)9-10-21(20)26(5,6)30-23(24)15-19/h8-9,11-12,14-15,18,20-21,29H,7,10,13,16H2,1-6H3/t18?,20-,21?/m1/s1. The van der Waals surface area contributed by atoms with Crippen LogP contribution in [0.2, 0.25) is 0 Å². The van der Waals surface area contributed by atoms with E-state index in [1.807, 2.05) is 29.2 Å². The molecule has 0 spiro atoms. The molecule has 2 aliphatic rings. The van der Waals surface area contributed by atoms with Crippen molar-refractivity contribution < 1.29 is 9.84 Å². The first kappa shape index (κ1) is 21.0. The molecule has 1 aromatic heterocycles. The fourth-order valence-electron chi connectivity index (χ4n) is 5.67. The van der Waals surface area contributed by atoms with Crippen LogP contribution in [0.15, 0.2) is 42.2 Å². The average molecular weight is 409 g/mol. The van der Waals surface area contributed by atoms with Gasteiger partial charge in [0.2, 0.25) is 0 Å². The van der Waals surface area contributed by atoms with Gasteiger partial charge < -0.3 is 9.84 Å². The predicted octanol–water partition coefficient (Wildman–Crippen LogP) is 6.20. The van der Waals surface area contributed by atoms with Crippen molar-refractivity contribution in [3.05, 3.63) is 53.4 Å². The van der Waals surface area contributed by atoms with Crippen LogP contribution in [-0.4, -0.2) is 20.5 Å². The Kier molecular flexibility index (Phi) is 5.24. The maximum Gasteiger partial charge on any atom is 0.127 e. The Morgan fingerprint density at radius 3 is 2.77 bits per heavy atom. The van der Waals surface area contributed by atoms with Gasteiger partial charge in [-0.1, -0.05) is 38.8 Å². The van der Waals surface area contributed by atoms with E-state index in [4.69, 9.17) is 4.74 Å². The van der Waals surface area contributed by atoms with E-state index in [0.29, 0.717) is 23.5 Å². The number of aromatic hydroxyl groups is 1. The van der Waals surface area contributed by atoms with Crippen molar-refractivity contribution in [2.24, 2.45) is 11.8 Å². The van der Waals surface area contributed by atoms with Crippen molar-refractivity contribution in [2.45, 2.75) is 84.3 Å². The number of phenolic OH excluding ortho intramolecular Hbond substituents is 1. The third kappa shape index (κ3) is 3.55. The summed E-state index contributed by atoms with van der Waals surface area (Å²) in [6.07, 6.45) is 9.23. The molecule has 0 amide bonds. The maximum atomic E-state index is 11.2. The van der Waals surface area contributed by atoms with Gasteiger partial charge in [0.05, 0.1) is 0 Å². The summed E-state index contributed by atoms with van der Waals surface area (Å²) in [5.41, 5.74) is 3.18. The Labute approximate surface area is 181 Å². The number of phenols is 1. The van der Waals surface area contributed by atoms with E-state index in [0.717, 1.165) is 42.7 Å². The van der Waals surface area contributed by atoms with Crippen LogP contribution < -0.4 is 4.74 Å². The van der Waals surface area contributed by atoms with E-state index in [1.165, 1.54) is 5.57 Å². The molecule has 2 unspecified atom stereocenters. The second-order valence-electron chi connectivity index (χ2n) is 10.4. The molecule has 3 atom stereocenters. The molecule has 30 heavy (non-hydrogen) atoms. The number of hydrogen-bond acceptors (Lipinski definition) is 3. The fourth-order valence-corrected chi connectivity index (χ4v) is 5.67. The number of hydrogen-bond donors (Lipinski definition) is 1. The molecule has 1 aromatic carbocycles. The van der Waals surface area contributed by atoms with Gasteiger partial charge in [-0.25, -0.2) is 0 Å². The summed E-state index contributed by atoms with van der Waals surface area (Å²) in [6.45, 7) is 14.2. The minimum Gasteiger partial charge on any atom is -0.508 e. The predicted molar refractivity (Wildman–Crippen MR) is 121 cm³/mol. The van der Waals surface area contributed by atoms with Gasteiger partial charge in [-0.2, -0.15) is 5.10 Å². The molecule has 1 aliphatic carbocycles. The molecular formula is C26H36N2O2. The molecule has 162 valence electrons. The van der Waals surface area contributed by atoms with Gasteiger partial charge in [-0.15, -0.1) is 0 Å². The van der Waals surface area contributed by atoms with E-state index in [-0.39, 0.29) is 11.0 Å². The lowest BCUT2D eigenvalue weighted by atomic mass is 9.66. The highest BCUT2D eigenvalue weighted by molar-refractivity contribution is 5.54. The Morgan fingerprint density at radius 1 is 1.33 bits per heavy atom. The van der Waals surface area contributed by atoms with Crippen LogP contribution in [0, 0.1) is 11.8 Å². The van der Waals surface area contributed by atoms with Gasteiger partial charge in [0.25, 0.3) is 0 Å². The number of allylic oxidation sites excluding steroid dienone is 2. The highest BCUT2D eigenvalue weighted by Crippen LogP contribution is 2.55. The van der Waals surface area contributed by atoms with Crippen LogP contribution in [0.5, 0.6) is 11.5 Å². The minimum absolute atomic E-state index is 0.125. The van der Waals surface area contributed by atoms with Crippen molar-refractivity contribution in [3.8, 4) is 11.5 Å². The summed E-state index contributed by atoms with van der Waals surface area (Å²) in [6, 6.07) is 6.17. The zero-order valence-corrected chi connectivity index (χ0v) is 19.3. The number of benzene rings is 1. The third-order valence-electron chi connectivity index (χ3n) is 7.73. The van der Waals surface area contributed by atoms with Crippen LogP contribution in [0.1, 0.15) is 77.8 Å². The van der Waals surface area contributed by atoms with Gasteiger partial charge in [-0.3, -0.25) is 4.68 Å². The van der Waals surface area contributed by atoms with Crippen LogP contribution in [0.25, 0.3) is 0 Å². The highest BCUT2D eigenvalue weighted by atomic mass is 16.5.